The Hall–Kier alpha value is -2.18. The molecule has 1 aromatic carbocycles. The Balaban J connectivity index is 1.72. The number of carbonyl (C=O) groups excluding carboxylic acids is 2. The van der Waals surface area contributed by atoms with Gasteiger partial charge in [0.2, 0.25) is 5.91 Å². The molecule has 6 heteroatoms. The monoisotopic (exact) mass is 372 g/mol. The van der Waals surface area contributed by atoms with Crippen molar-refractivity contribution in [2.45, 2.75) is 13.3 Å². The van der Waals surface area contributed by atoms with Crippen LogP contribution in [0.4, 0.5) is 0 Å². The number of ether oxygens (including phenoxy) is 1. The van der Waals surface area contributed by atoms with Crippen molar-refractivity contribution in [3.05, 3.63) is 46.8 Å². The van der Waals surface area contributed by atoms with Crippen molar-refractivity contribution in [1.82, 2.24) is 9.80 Å². The second-order valence-electron chi connectivity index (χ2n) is 6.47. The minimum atomic E-state index is -0.0167. The van der Waals surface area contributed by atoms with Crippen molar-refractivity contribution >= 4 is 23.2 Å². The normalized spacial score (nSPS) is 15.0. The summed E-state index contributed by atoms with van der Waals surface area (Å²) < 4.78 is 4.93. The maximum atomic E-state index is 13.0. The van der Waals surface area contributed by atoms with E-state index < -0.39 is 0 Å². The molecule has 3 rings (SSSR count). The second-order valence-corrected chi connectivity index (χ2v) is 7.39. The third kappa shape index (κ3) is 4.14. The molecule has 26 heavy (non-hydrogen) atoms. The lowest BCUT2D eigenvalue weighted by Gasteiger charge is -2.22. The third-order valence-corrected chi connectivity index (χ3v) is 5.70. The summed E-state index contributed by atoms with van der Waals surface area (Å²) in [4.78, 5) is 29.8. The van der Waals surface area contributed by atoms with E-state index in [-0.39, 0.29) is 18.4 Å². The number of rotatable bonds is 4. The van der Waals surface area contributed by atoms with Gasteiger partial charge in [-0.05, 0) is 48.1 Å². The molecule has 1 aliphatic heterocycles. The van der Waals surface area contributed by atoms with Crippen LogP contribution in [0.15, 0.2) is 35.7 Å². The van der Waals surface area contributed by atoms with Gasteiger partial charge in [0, 0.05) is 43.7 Å². The molecule has 0 saturated carbocycles. The molecular weight excluding hydrogens is 348 g/mol. The number of hydrogen-bond donors (Lipinski definition) is 0. The summed E-state index contributed by atoms with van der Waals surface area (Å²) >= 11 is 1.69. The van der Waals surface area contributed by atoms with Gasteiger partial charge in [0.05, 0.1) is 0 Å². The smallest absolute Gasteiger partial charge is 0.253 e. The van der Waals surface area contributed by atoms with Crippen LogP contribution in [0.3, 0.4) is 0 Å². The zero-order chi connectivity index (χ0) is 18.5. The topological polar surface area (TPSA) is 49.9 Å². The minimum Gasteiger partial charge on any atom is -0.375 e. The molecule has 138 valence electrons. The molecule has 0 unspecified atom stereocenters. The number of aryl methyl sites for hydroxylation is 1. The molecule has 2 amide bonds. The van der Waals surface area contributed by atoms with Gasteiger partial charge in [0.15, 0.2) is 0 Å². The van der Waals surface area contributed by atoms with E-state index in [0.29, 0.717) is 31.7 Å². The van der Waals surface area contributed by atoms with Gasteiger partial charge in [0.1, 0.15) is 6.61 Å². The number of carbonyl (C=O) groups is 2. The number of amides is 2. The summed E-state index contributed by atoms with van der Waals surface area (Å²) in [6.45, 7) is 4.61. The van der Waals surface area contributed by atoms with Crippen molar-refractivity contribution < 1.29 is 14.3 Å². The second kappa shape index (κ2) is 8.47. The molecule has 1 aliphatic rings. The Labute approximate surface area is 158 Å². The lowest BCUT2D eigenvalue weighted by atomic mass is 10.1. The van der Waals surface area contributed by atoms with E-state index in [0.717, 1.165) is 12.0 Å². The molecule has 0 aliphatic carbocycles. The fourth-order valence-corrected chi connectivity index (χ4v) is 4.15. The van der Waals surface area contributed by atoms with Gasteiger partial charge < -0.3 is 14.5 Å². The standard InChI is InChI=1S/C20H24N2O3S/c1-15-7-12-26-19(15)16-5-3-6-17(13-16)20(24)22-9-4-8-21(10-11-22)18(23)14-25-2/h3,5-7,12-13H,4,8-11,14H2,1-2H3. The number of nitrogens with zero attached hydrogens (tertiary/aromatic N) is 2. The van der Waals surface area contributed by atoms with Gasteiger partial charge in [-0.25, -0.2) is 0 Å². The van der Waals surface area contributed by atoms with Crippen LogP contribution in [0.2, 0.25) is 0 Å². The number of hydrogen-bond acceptors (Lipinski definition) is 4. The molecule has 0 atom stereocenters. The number of thiophene rings is 1. The summed E-state index contributed by atoms with van der Waals surface area (Å²) in [5.41, 5.74) is 3.00. The van der Waals surface area contributed by atoms with Crippen molar-refractivity contribution in [3.8, 4) is 10.4 Å². The summed E-state index contributed by atoms with van der Waals surface area (Å²) in [7, 11) is 1.52. The zero-order valence-corrected chi connectivity index (χ0v) is 16.1. The number of benzene rings is 1. The molecule has 0 bridgehead atoms. The molecule has 2 heterocycles. The van der Waals surface area contributed by atoms with Crippen LogP contribution in [-0.4, -0.2) is 61.5 Å². The van der Waals surface area contributed by atoms with Crippen molar-refractivity contribution in [2.75, 3.05) is 39.9 Å². The molecular formula is C20H24N2O3S. The fourth-order valence-electron chi connectivity index (χ4n) is 3.23. The van der Waals surface area contributed by atoms with E-state index in [1.165, 1.54) is 17.6 Å². The Morgan fingerprint density at radius 3 is 2.62 bits per heavy atom. The first-order valence-electron chi connectivity index (χ1n) is 8.80. The largest absolute Gasteiger partial charge is 0.375 e. The Morgan fingerprint density at radius 1 is 1.12 bits per heavy atom. The van der Waals surface area contributed by atoms with Crippen LogP contribution in [-0.2, 0) is 9.53 Å². The first-order valence-corrected chi connectivity index (χ1v) is 9.68. The van der Waals surface area contributed by atoms with Gasteiger partial charge in [-0.3, -0.25) is 9.59 Å². The highest BCUT2D eigenvalue weighted by atomic mass is 32.1. The van der Waals surface area contributed by atoms with E-state index in [1.54, 1.807) is 16.2 Å². The quantitative estimate of drug-likeness (QED) is 0.829. The van der Waals surface area contributed by atoms with Gasteiger partial charge >= 0.3 is 0 Å². The van der Waals surface area contributed by atoms with Crippen LogP contribution in [0.25, 0.3) is 10.4 Å². The number of methoxy groups -OCH3 is 1. The van der Waals surface area contributed by atoms with E-state index in [4.69, 9.17) is 4.74 Å². The summed E-state index contributed by atoms with van der Waals surface area (Å²) in [6.07, 6.45) is 0.783. The molecule has 5 nitrogen and oxygen atoms in total. The lowest BCUT2D eigenvalue weighted by Crippen LogP contribution is -2.38. The van der Waals surface area contributed by atoms with E-state index >= 15 is 0 Å². The highest BCUT2D eigenvalue weighted by Crippen LogP contribution is 2.29. The van der Waals surface area contributed by atoms with Crippen molar-refractivity contribution in [2.24, 2.45) is 0 Å². The van der Waals surface area contributed by atoms with E-state index in [9.17, 15) is 9.59 Å². The van der Waals surface area contributed by atoms with Gasteiger partial charge in [-0.15, -0.1) is 11.3 Å². The Bertz CT molecular complexity index is 787. The van der Waals surface area contributed by atoms with Crippen LogP contribution < -0.4 is 0 Å². The van der Waals surface area contributed by atoms with Gasteiger partial charge in [-0.2, -0.15) is 0 Å². The predicted molar refractivity (Wildman–Crippen MR) is 103 cm³/mol. The first-order chi connectivity index (χ1) is 12.6. The SMILES string of the molecule is COCC(=O)N1CCCN(C(=O)c2cccc(-c3sccc3C)c2)CC1. The lowest BCUT2D eigenvalue weighted by molar-refractivity contribution is -0.135. The van der Waals surface area contributed by atoms with Crippen LogP contribution >= 0.6 is 11.3 Å². The molecule has 0 N–H and O–H groups in total. The maximum absolute atomic E-state index is 13.0. The molecule has 0 spiro atoms. The third-order valence-electron chi connectivity index (χ3n) is 4.64. The van der Waals surface area contributed by atoms with Gasteiger partial charge in [0.25, 0.3) is 5.91 Å². The molecule has 1 aromatic heterocycles. The van der Waals surface area contributed by atoms with Crippen molar-refractivity contribution in [1.29, 1.82) is 0 Å². The molecule has 0 radical (unpaired) electrons. The average molecular weight is 372 g/mol. The summed E-state index contributed by atoms with van der Waals surface area (Å²) in [5.74, 6) is 0.0130. The maximum Gasteiger partial charge on any atom is 0.253 e. The minimum absolute atomic E-state index is 0.0167. The highest BCUT2D eigenvalue weighted by Gasteiger charge is 2.23. The van der Waals surface area contributed by atoms with Crippen molar-refractivity contribution in [3.63, 3.8) is 0 Å². The molecule has 1 saturated heterocycles. The van der Waals surface area contributed by atoms with E-state index in [1.807, 2.05) is 29.2 Å². The summed E-state index contributed by atoms with van der Waals surface area (Å²) in [5, 5.41) is 2.07. The van der Waals surface area contributed by atoms with Crippen LogP contribution in [0, 0.1) is 6.92 Å². The Kier molecular flexibility index (Phi) is 6.06. The average Bonchev–Trinajstić information content (AvgIpc) is 2.93. The van der Waals surface area contributed by atoms with Gasteiger partial charge in [-0.1, -0.05) is 12.1 Å². The molecule has 2 aromatic rings. The fraction of sp³-hybridized carbons (Fsp3) is 0.400. The summed E-state index contributed by atoms with van der Waals surface area (Å²) in [6, 6.07) is 9.92. The van der Waals surface area contributed by atoms with E-state index in [2.05, 4.69) is 18.4 Å². The highest BCUT2D eigenvalue weighted by molar-refractivity contribution is 7.13. The zero-order valence-electron chi connectivity index (χ0n) is 15.2. The first kappa shape index (κ1) is 18.6. The van der Waals surface area contributed by atoms with Crippen LogP contribution in [0.5, 0.6) is 0 Å². The van der Waals surface area contributed by atoms with Crippen LogP contribution in [0.1, 0.15) is 22.3 Å². The predicted octanol–water partition coefficient (Wildman–Crippen LogP) is 3.04. The molecule has 1 fully saturated rings. The Morgan fingerprint density at radius 2 is 1.88 bits per heavy atom.